The molecule has 1 unspecified atom stereocenters. The van der Waals surface area contributed by atoms with E-state index in [1.165, 1.54) is 0 Å². The molecule has 0 saturated heterocycles. The Bertz CT molecular complexity index is 960. The summed E-state index contributed by atoms with van der Waals surface area (Å²) in [5.41, 5.74) is 3.70. The molecule has 0 fully saturated rings. The molecule has 3 N–H and O–H groups in total. The topological polar surface area (TPSA) is 105 Å². The van der Waals surface area contributed by atoms with E-state index in [1.807, 2.05) is 31.2 Å². The summed E-state index contributed by atoms with van der Waals surface area (Å²) in [4.78, 5) is 35.9. The number of hydrogen-bond acceptors (Lipinski definition) is 4. The molecule has 1 aliphatic rings. The molecular formula is C25H30N2O5. The third-order valence-electron chi connectivity index (χ3n) is 6.15. The van der Waals surface area contributed by atoms with Gasteiger partial charge in [0.1, 0.15) is 6.61 Å². The van der Waals surface area contributed by atoms with E-state index in [1.54, 1.807) is 13.8 Å². The molecule has 0 radical (unpaired) electrons. The Morgan fingerprint density at radius 1 is 1.06 bits per heavy atom. The van der Waals surface area contributed by atoms with Gasteiger partial charge in [-0.15, -0.1) is 0 Å². The van der Waals surface area contributed by atoms with Gasteiger partial charge in [-0.2, -0.15) is 0 Å². The van der Waals surface area contributed by atoms with Crippen LogP contribution in [0.5, 0.6) is 0 Å². The quantitative estimate of drug-likeness (QED) is 0.550. The van der Waals surface area contributed by atoms with Crippen molar-refractivity contribution < 1.29 is 24.2 Å². The molecular weight excluding hydrogens is 408 g/mol. The number of carbonyl (C=O) groups excluding carboxylic acids is 2. The molecule has 32 heavy (non-hydrogen) atoms. The van der Waals surface area contributed by atoms with Crippen molar-refractivity contribution in [3.8, 4) is 11.1 Å². The second-order valence-electron chi connectivity index (χ2n) is 8.57. The van der Waals surface area contributed by atoms with Crippen LogP contribution >= 0.6 is 0 Å². The molecule has 7 nitrogen and oxygen atoms in total. The number of nitrogens with one attached hydrogen (secondary N) is 2. The minimum atomic E-state index is -0.979. The number of aliphatic carboxylic acids is 1. The molecule has 0 bridgehead atoms. The molecule has 170 valence electrons. The average molecular weight is 439 g/mol. The lowest BCUT2D eigenvalue weighted by molar-refractivity contribution is -0.138. The standard InChI is InChI=1S/C25H30N2O5/c1-4-25(3,23(30)27-16(2)13-22(28)29)15-26-24(31)32-14-21-19-11-7-5-9-17(19)18-10-6-8-12-20(18)21/h5-12,16,21H,4,13-15H2,1-3H3,(H,26,31)(H,27,30)(H,28,29)/t16-,25?/m1/s1. The van der Waals surface area contributed by atoms with Crippen molar-refractivity contribution in [1.29, 1.82) is 0 Å². The summed E-state index contributed by atoms with van der Waals surface area (Å²) in [6.07, 6.45) is -0.272. The van der Waals surface area contributed by atoms with E-state index in [-0.39, 0.29) is 31.4 Å². The summed E-state index contributed by atoms with van der Waals surface area (Å²) in [6, 6.07) is 15.7. The minimum Gasteiger partial charge on any atom is -0.481 e. The highest BCUT2D eigenvalue weighted by molar-refractivity contribution is 5.84. The maximum absolute atomic E-state index is 12.6. The third-order valence-corrected chi connectivity index (χ3v) is 6.15. The van der Waals surface area contributed by atoms with E-state index in [4.69, 9.17) is 9.84 Å². The second kappa shape index (κ2) is 9.85. The highest BCUT2D eigenvalue weighted by Crippen LogP contribution is 2.44. The van der Waals surface area contributed by atoms with Gasteiger partial charge in [-0.3, -0.25) is 9.59 Å². The van der Waals surface area contributed by atoms with Gasteiger partial charge in [0, 0.05) is 18.5 Å². The van der Waals surface area contributed by atoms with Gasteiger partial charge in [0.25, 0.3) is 0 Å². The highest BCUT2D eigenvalue weighted by Gasteiger charge is 2.33. The number of carbonyl (C=O) groups is 3. The van der Waals surface area contributed by atoms with Crippen LogP contribution in [0.1, 0.15) is 50.7 Å². The number of hydrogen-bond donors (Lipinski definition) is 3. The predicted molar refractivity (Wildman–Crippen MR) is 121 cm³/mol. The summed E-state index contributed by atoms with van der Waals surface area (Å²) in [5.74, 6) is -1.31. The van der Waals surface area contributed by atoms with Crippen molar-refractivity contribution in [3.63, 3.8) is 0 Å². The van der Waals surface area contributed by atoms with Crippen molar-refractivity contribution in [2.75, 3.05) is 13.2 Å². The van der Waals surface area contributed by atoms with E-state index >= 15 is 0 Å². The Kier molecular flexibility index (Phi) is 7.18. The van der Waals surface area contributed by atoms with Gasteiger partial charge in [0.15, 0.2) is 0 Å². The largest absolute Gasteiger partial charge is 0.481 e. The Balaban J connectivity index is 1.58. The molecule has 0 spiro atoms. The van der Waals surface area contributed by atoms with Crippen molar-refractivity contribution in [3.05, 3.63) is 59.7 Å². The van der Waals surface area contributed by atoms with E-state index < -0.39 is 23.5 Å². The zero-order valence-electron chi connectivity index (χ0n) is 18.7. The number of alkyl carbamates (subject to hydrolysis) is 1. The molecule has 0 saturated carbocycles. The van der Waals surface area contributed by atoms with Crippen LogP contribution in [0.25, 0.3) is 11.1 Å². The SMILES string of the molecule is CCC(C)(CNC(=O)OCC1c2ccccc2-c2ccccc21)C(=O)N[C@H](C)CC(=O)O. The lowest BCUT2D eigenvalue weighted by Crippen LogP contribution is -2.49. The fourth-order valence-corrected chi connectivity index (χ4v) is 3.99. The van der Waals surface area contributed by atoms with E-state index in [2.05, 4.69) is 34.9 Å². The van der Waals surface area contributed by atoms with Gasteiger partial charge >= 0.3 is 12.1 Å². The van der Waals surface area contributed by atoms with Gasteiger partial charge in [-0.25, -0.2) is 4.79 Å². The lowest BCUT2D eigenvalue weighted by atomic mass is 9.86. The molecule has 7 heteroatoms. The van der Waals surface area contributed by atoms with E-state index in [0.29, 0.717) is 6.42 Å². The first-order valence-corrected chi connectivity index (χ1v) is 10.9. The van der Waals surface area contributed by atoms with Crippen molar-refractivity contribution in [2.24, 2.45) is 5.41 Å². The van der Waals surface area contributed by atoms with Crippen LogP contribution in [0.2, 0.25) is 0 Å². The second-order valence-corrected chi connectivity index (χ2v) is 8.57. The van der Waals surface area contributed by atoms with Gasteiger partial charge in [0.05, 0.1) is 11.8 Å². The molecule has 2 amide bonds. The molecule has 2 aromatic carbocycles. The summed E-state index contributed by atoms with van der Waals surface area (Å²) >= 11 is 0. The number of ether oxygens (including phenoxy) is 1. The maximum atomic E-state index is 12.6. The number of rotatable bonds is 9. The Morgan fingerprint density at radius 2 is 1.62 bits per heavy atom. The van der Waals surface area contributed by atoms with Crippen LogP contribution in [-0.4, -0.2) is 42.3 Å². The fourth-order valence-electron chi connectivity index (χ4n) is 3.99. The number of benzene rings is 2. The number of carboxylic acids is 1. The number of carboxylic acid groups (broad SMARTS) is 1. The van der Waals surface area contributed by atoms with Gasteiger partial charge in [0.2, 0.25) is 5.91 Å². The van der Waals surface area contributed by atoms with E-state index in [9.17, 15) is 14.4 Å². The monoisotopic (exact) mass is 438 g/mol. The maximum Gasteiger partial charge on any atom is 0.407 e. The fraction of sp³-hybridized carbons (Fsp3) is 0.400. The first-order chi connectivity index (χ1) is 15.2. The van der Waals surface area contributed by atoms with Crippen LogP contribution in [0.3, 0.4) is 0 Å². The van der Waals surface area contributed by atoms with Crippen molar-refractivity contribution in [2.45, 2.75) is 45.6 Å². The molecule has 2 aromatic rings. The molecule has 0 heterocycles. The Hall–Kier alpha value is -3.35. The molecule has 2 atom stereocenters. The van der Waals surface area contributed by atoms with Gasteiger partial charge < -0.3 is 20.5 Å². The smallest absolute Gasteiger partial charge is 0.407 e. The van der Waals surface area contributed by atoms with E-state index in [0.717, 1.165) is 22.3 Å². The first-order valence-electron chi connectivity index (χ1n) is 10.9. The van der Waals surface area contributed by atoms with Gasteiger partial charge in [-0.05, 0) is 42.5 Å². The Morgan fingerprint density at radius 3 is 2.16 bits per heavy atom. The van der Waals surface area contributed by atoms with Crippen LogP contribution in [0.4, 0.5) is 4.79 Å². The summed E-state index contributed by atoms with van der Waals surface area (Å²) < 4.78 is 5.53. The number of amides is 2. The van der Waals surface area contributed by atoms with Crippen LogP contribution < -0.4 is 10.6 Å². The van der Waals surface area contributed by atoms with Crippen LogP contribution in [-0.2, 0) is 14.3 Å². The highest BCUT2D eigenvalue weighted by atomic mass is 16.5. The molecule has 3 rings (SSSR count). The molecule has 1 aliphatic carbocycles. The predicted octanol–water partition coefficient (Wildman–Crippen LogP) is 3.92. The minimum absolute atomic E-state index is 0.0362. The third kappa shape index (κ3) is 5.10. The molecule has 0 aromatic heterocycles. The summed E-state index contributed by atoms with van der Waals surface area (Å²) in [5, 5.41) is 14.3. The van der Waals surface area contributed by atoms with Crippen LogP contribution in [0, 0.1) is 5.41 Å². The average Bonchev–Trinajstić information content (AvgIpc) is 3.09. The Labute approximate surface area is 188 Å². The number of fused-ring (bicyclic) bond motifs is 3. The molecule has 0 aliphatic heterocycles. The first kappa shape index (κ1) is 23.3. The van der Waals surface area contributed by atoms with Crippen LogP contribution in [0.15, 0.2) is 48.5 Å². The van der Waals surface area contributed by atoms with Gasteiger partial charge in [-0.1, -0.05) is 55.5 Å². The summed E-state index contributed by atoms with van der Waals surface area (Å²) in [6.45, 7) is 5.51. The van der Waals surface area contributed by atoms with Crippen molar-refractivity contribution >= 4 is 18.0 Å². The zero-order valence-corrected chi connectivity index (χ0v) is 18.7. The van der Waals surface area contributed by atoms with Crippen molar-refractivity contribution in [1.82, 2.24) is 10.6 Å². The summed E-state index contributed by atoms with van der Waals surface area (Å²) in [7, 11) is 0. The normalized spacial score (nSPS) is 15.1. The zero-order chi connectivity index (χ0) is 23.3. The lowest BCUT2D eigenvalue weighted by Gasteiger charge is -2.28.